The molecule has 0 saturated heterocycles. The Kier molecular flexibility index (Phi) is 3.83. The van der Waals surface area contributed by atoms with E-state index in [4.69, 9.17) is 5.11 Å². The monoisotopic (exact) mass is 220 g/mol. The molecule has 0 bridgehead atoms. The van der Waals surface area contributed by atoms with Crippen LogP contribution >= 0.6 is 0 Å². The number of methoxy groups -OCH3 is 1. The summed E-state index contributed by atoms with van der Waals surface area (Å²) in [5.74, 6) is -2.12. The van der Waals surface area contributed by atoms with Gasteiger partial charge >= 0.3 is 11.9 Å². The summed E-state index contributed by atoms with van der Waals surface area (Å²) in [4.78, 5) is 22.3. The van der Waals surface area contributed by atoms with Crippen molar-refractivity contribution in [1.82, 2.24) is 0 Å². The number of carbonyl (C=O) groups excluding carboxylic acids is 1. The fourth-order valence-electron chi connectivity index (χ4n) is 1.34. The van der Waals surface area contributed by atoms with Crippen molar-refractivity contribution in [3.63, 3.8) is 0 Å². The summed E-state index contributed by atoms with van der Waals surface area (Å²) in [6.07, 6.45) is 0. The maximum absolute atomic E-state index is 11.3. The second kappa shape index (κ2) is 5.11. The Bertz CT molecular complexity index is 432. The van der Waals surface area contributed by atoms with Crippen LogP contribution in [0.4, 0.5) is 0 Å². The van der Waals surface area contributed by atoms with Gasteiger partial charge in [0.25, 0.3) is 0 Å². The van der Waals surface area contributed by atoms with Crippen molar-refractivity contribution < 1.29 is 19.4 Å². The number of ether oxygens (including phenoxy) is 1. The zero-order valence-electron chi connectivity index (χ0n) is 9.06. The number of hydrogen-bond donors (Lipinski definition) is 1. The Labute approximate surface area is 93.2 Å². The van der Waals surface area contributed by atoms with Crippen molar-refractivity contribution in [3.8, 4) is 0 Å². The first-order chi connectivity index (χ1) is 7.57. The molecule has 16 heavy (non-hydrogen) atoms. The van der Waals surface area contributed by atoms with Gasteiger partial charge in [-0.3, -0.25) is 0 Å². The third-order valence-electron chi connectivity index (χ3n) is 2.19. The van der Waals surface area contributed by atoms with Gasteiger partial charge in [0.05, 0.1) is 7.11 Å². The molecule has 0 aromatic heterocycles. The highest BCUT2D eigenvalue weighted by Crippen LogP contribution is 2.18. The van der Waals surface area contributed by atoms with Crippen molar-refractivity contribution in [3.05, 3.63) is 41.5 Å². The molecule has 1 aromatic carbocycles. The summed E-state index contributed by atoms with van der Waals surface area (Å²) in [5, 5.41) is 8.95. The Morgan fingerprint density at radius 2 is 1.75 bits per heavy atom. The Morgan fingerprint density at radius 1 is 1.19 bits per heavy atom. The standard InChI is InChI=1S/C12H12O4/c1-8(9-6-4-3-5-7-9)10(11(13)14)12(15)16-2/h3-7H,1-2H3,(H,13,14)/b10-8+. The molecular weight excluding hydrogens is 208 g/mol. The molecule has 1 aromatic rings. The lowest BCUT2D eigenvalue weighted by molar-refractivity contribution is -0.142. The highest BCUT2D eigenvalue weighted by molar-refractivity contribution is 6.19. The van der Waals surface area contributed by atoms with Crippen LogP contribution in [0.1, 0.15) is 12.5 Å². The largest absolute Gasteiger partial charge is 0.477 e. The zero-order chi connectivity index (χ0) is 12.1. The van der Waals surface area contributed by atoms with Gasteiger partial charge < -0.3 is 9.84 Å². The molecular formula is C12H12O4. The molecule has 0 amide bonds. The number of aliphatic carboxylic acids is 1. The van der Waals surface area contributed by atoms with Crippen molar-refractivity contribution in [2.24, 2.45) is 0 Å². The highest BCUT2D eigenvalue weighted by Gasteiger charge is 2.21. The van der Waals surface area contributed by atoms with Crippen LogP contribution in [0.25, 0.3) is 5.57 Å². The summed E-state index contributed by atoms with van der Waals surface area (Å²) >= 11 is 0. The van der Waals surface area contributed by atoms with E-state index >= 15 is 0 Å². The number of carboxylic acid groups (broad SMARTS) is 1. The molecule has 0 aliphatic rings. The molecule has 0 atom stereocenters. The van der Waals surface area contributed by atoms with E-state index in [9.17, 15) is 9.59 Å². The first-order valence-electron chi connectivity index (χ1n) is 4.65. The van der Waals surface area contributed by atoms with Crippen LogP contribution in [-0.4, -0.2) is 24.2 Å². The molecule has 0 radical (unpaired) electrons. The van der Waals surface area contributed by atoms with Gasteiger partial charge in [-0.1, -0.05) is 30.3 Å². The van der Waals surface area contributed by atoms with Gasteiger partial charge in [-0.2, -0.15) is 0 Å². The third kappa shape index (κ3) is 2.48. The number of rotatable bonds is 3. The lowest BCUT2D eigenvalue weighted by Crippen LogP contribution is -2.15. The minimum absolute atomic E-state index is 0.339. The Balaban J connectivity index is 3.28. The number of allylic oxidation sites excluding steroid dienone is 1. The molecule has 0 spiro atoms. The summed E-state index contributed by atoms with van der Waals surface area (Å²) in [6.45, 7) is 1.58. The van der Waals surface area contributed by atoms with Gasteiger partial charge in [-0.15, -0.1) is 0 Å². The minimum Gasteiger partial charge on any atom is -0.477 e. The smallest absolute Gasteiger partial charge is 0.345 e. The topological polar surface area (TPSA) is 63.6 Å². The van der Waals surface area contributed by atoms with Crippen LogP contribution < -0.4 is 0 Å². The zero-order valence-corrected chi connectivity index (χ0v) is 9.06. The average molecular weight is 220 g/mol. The molecule has 4 nitrogen and oxygen atoms in total. The lowest BCUT2D eigenvalue weighted by Gasteiger charge is -2.06. The molecule has 0 fully saturated rings. The van der Waals surface area contributed by atoms with Crippen molar-refractivity contribution in [2.75, 3.05) is 7.11 Å². The van der Waals surface area contributed by atoms with Gasteiger partial charge in [0, 0.05) is 0 Å². The van der Waals surface area contributed by atoms with Crippen LogP contribution in [-0.2, 0) is 14.3 Å². The minimum atomic E-state index is -1.28. The van der Waals surface area contributed by atoms with Gasteiger partial charge in [-0.25, -0.2) is 9.59 Å². The molecule has 1 rings (SSSR count). The Morgan fingerprint density at radius 3 is 2.19 bits per heavy atom. The van der Waals surface area contributed by atoms with Crippen LogP contribution in [0.2, 0.25) is 0 Å². The molecule has 1 N–H and O–H groups in total. The summed E-state index contributed by atoms with van der Waals surface area (Å²) in [6, 6.07) is 8.84. The van der Waals surface area contributed by atoms with Gasteiger partial charge in [0.15, 0.2) is 0 Å². The molecule has 0 heterocycles. The number of hydrogen-bond acceptors (Lipinski definition) is 3. The second-order valence-corrected chi connectivity index (χ2v) is 3.16. The molecule has 84 valence electrons. The van der Waals surface area contributed by atoms with E-state index in [0.717, 1.165) is 7.11 Å². The van der Waals surface area contributed by atoms with Crippen LogP contribution in [0.3, 0.4) is 0 Å². The summed E-state index contributed by atoms with van der Waals surface area (Å²) in [5.41, 5.74) is 0.735. The molecule has 0 aliphatic heterocycles. The second-order valence-electron chi connectivity index (χ2n) is 3.16. The molecule has 0 saturated carbocycles. The van der Waals surface area contributed by atoms with E-state index in [1.165, 1.54) is 0 Å². The average Bonchev–Trinajstić information content (AvgIpc) is 2.29. The van der Waals surface area contributed by atoms with Crippen molar-refractivity contribution in [2.45, 2.75) is 6.92 Å². The number of benzene rings is 1. The molecule has 0 aliphatic carbocycles. The first-order valence-corrected chi connectivity index (χ1v) is 4.65. The van der Waals surface area contributed by atoms with E-state index < -0.39 is 11.9 Å². The SMILES string of the molecule is COC(=O)/C(C(=O)O)=C(\C)c1ccccc1. The summed E-state index contributed by atoms with van der Waals surface area (Å²) < 4.78 is 4.44. The quantitative estimate of drug-likeness (QED) is 0.364. The number of carbonyl (C=O) groups is 2. The fourth-order valence-corrected chi connectivity index (χ4v) is 1.34. The van der Waals surface area contributed by atoms with Crippen molar-refractivity contribution in [1.29, 1.82) is 0 Å². The normalized spacial score (nSPS) is 11.6. The van der Waals surface area contributed by atoms with E-state index in [-0.39, 0.29) is 5.57 Å². The molecule has 4 heteroatoms. The van der Waals surface area contributed by atoms with Gasteiger partial charge in [-0.05, 0) is 18.1 Å². The predicted octanol–water partition coefficient (Wildman–Crippen LogP) is 1.72. The third-order valence-corrected chi connectivity index (χ3v) is 2.19. The van der Waals surface area contributed by atoms with E-state index in [0.29, 0.717) is 11.1 Å². The maximum atomic E-state index is 11.3. The van der Waals surface area contributed by atoms with E-state index in [2.05, 4.69) is 4.74 Å². The van der Waals surface area contributed by atoms with Crippen LogP contribution in [0.5, 0.6) is 0 Å². The van der Waals surface area contributed by atoms with Crippen LogP contribution in [0, 0.1) is 0 Å². The van der Waals surface area contributed by atoms with Crippen molar-refractivity contribution >= 4 is 17.5 Å². The van der Waals surface area contributed by atoms with E-state index in [1.807, 2.05) is 6.07 Å². The first kappa shape index (κ1) is 12.0. The van der Waals surface area contributed by atoms with Gasteiger partial charge in [0.2, 0.25) is 0 Å². The number of carboxylic acids is 1. The molecule has 0 unspecified atom stereocenters. The highest BCUT2D eigenvalue weighted by atomic mass is 16.5. The van der Waals surface area contributed by atoms with E-state index in [1.54, 1.807) is 31.2 Å². The maximum Gasteiger partial charge on any atom is 0.345 e. The predicted molar refractivity (Wildman–Crippen MR) is 58.7 cm³/mol. The van der Waals surface area contributed by atoms with Gasteiger partial charge in [0.1, 0.15) is 5.57 Å². The Hall–Kier alpha value is -2.10. The summed E-state index contributed by atoms with van der Waals surface area (Å²) in [7, 11) is 1.16. The number of esters is 1. The lowest BCUT2D eigenvalue weighted by atomic mass is 10.0. The van der Waals surface area contributed by atoms with Crippen LogP contribution in [0.15, 0.2) is 35.9 Å². The fraction of sp³-hybridized carbons (Fsp3) is 0.167.